The number of hydrogen-bond acceptors (Lipinski definition) is 5. The Labute approximate surface area is 213 Å². The van der Waals surface area contributed by atoms with Crippen molar-refractivity contribution in [3.63, 3.8) is 0 Å². The molecule has 2 amide bonds. The minimum atomic E-state index is -0.867. The number of para-hydroxylation sites is 3. The van der Waals surface area contributed by atoms with E-state index in [1.165, 1.54) is 11.3 Å². The highest BCUT2D eigenvalue weighted by Gasteiger charge is 2.34. The van der Waals surface area contributed by atoms with Gasteiger partial charge in [0.25, 0.3) is 5.91 Å². The first kappa shape index (κ1) is 23.4. The molecule has 0 fully saturated rings. The molecule has 2 heterocycles. The third kappa shape index (κ3) is 4.63. The molecule has 7 nitrogen and oxygen atoms in total. The molecule has 5 rings (SSSR count). The van der Waals surface area contributed by atoms with E-state index in [4.69, 9.17) is 0 Å². The first-order valence-corrected chi connectivity index (χ1v) is 12.5. The molecule has 0 saturated carbocycles. The number of hydrogen-bond donors (Lipinski definition) is 1. The SMILES string of the molecule is Cc1cccc(C)c1NC(=O)C(c1cccs1)N(C(=O)Cn1nnc2ccccc21)c1ccccc1. The molecule has 3 aromatic carbocycles. The van der Waals surface area contributed by atoms with Gasteiger partial charge in [-0.3, -0.25) is 14.5 Å². The second-order valence-electron chi connectivity index (χ2n) is 8.51. The lowest BCUT2D eigenvalue weighted by Crippen LogP contribution is -2.43. The average molecular weight is 496 g/mol. The molecule has 0 bridgehead atoms. The first-order chi connectivity index (χ1) is 17.5. The van der Waals surface area contributed by atoms with Crippen LogP contribution in [0.25, 0.3) is 11.0 Å². The molecule has 180 valence electrons. The zero-order chi connectivity index (χ0) is 25.1. The Kier molecular flexibility index (Phi) is 6.60. The molecule has 0 aliphatic heterocycles. The Balaban J connectivity index is 1.56. The molecule has 0 spiro atoms. The normalized spacial score (nSPS) is 11.8. The predicted molar refractivity (Wildman–Crippen MR) is 143 cm³/mol. The van der Waals surface area contributed by atoms with Crippen LogP contribution in [0.5, 0.6) is 0 Å². The second-order valence-corrected chi connectivity index (χ2v) is 9.49. The van der Waals surface area contributed by atoms with Crippen molar-refractivity contribution in [1.82, 2.24) is 15.0 Å². The topological polar surface area (TPSA) is 80.1 Å². The highest BCUT2D eigenvalue weighted by Crippen LogP contribution is 2.33. The first-order valence-electron chi connectivity index (χ1n) is 11.6. The summed E-state index contributed by atoms with van der Waals surface area (Å²) in [5.41, 5.74) is 4.76. The second kappa shape index (κ2) is 10.1. The standard InChI is InChI=1S/C28H25N5O2S/c1-19-10-8-11-20(2)26(19)29-28(35)27(24-16-9-17-36-24)33(21-12-4-3-5-13-21)25(34)18-32-23-15-7-6-14-22(23)30-31-32/h3-17,27H,18H2,1-2H3,(H,29,35). The third-order valence-electron chi connectivity index (χ3n) is 6.06. The van der Waals surface area contributed by atoms with Crippen molar-refractivity contribution in [1.29, 1.82) is 0 Å². The molecular weight excluding hydrogens is 470 g/mol. The minimum absolute atomic E-state index is 0.0616. The number of anilines is 2. The van der Waals surface area contributed by atoms with Crippen molar-refractivity contribution >= 4 is 45.6 Å². The van der Waals surface area contributed by atoms with E-state index in [1.54, 1.807) is 9.58 Å². The van der Waals surface area contributed by atoms with E-state index >= 15 is 0 Å². The van der Waals surface area contributed by atoms with Crippen LogP contribution in [0.15, 0.2) is 90.3 Å². The summed E-state index contributed by atoms with van der Waals surface area (Å²) in [7, 11) is 0. The fraction of sp³-hybridized carbons (Fsp3) is 0.143. The third-order valence-corrected chi connectivity index (χ3v) is 6.98. The number of aryl methyl sites for hydroxylation is 2. The van der Waals surface area contributed by atoms with Gasteiger partial charge in [0.05, 0.1) is 5.52 Å². The van der Waals surface area contributed by atoms with Crippen LogP contribution >= 0.6 is 11.3 Å². The summed E-state index contributed by atoms with van der Waals surface area (Å²) in [6.45, 7) is 3.85. The van der Waals surface area contributed by atoms with Crippen molar-refractivity contribution in [2.24, 2.45) is 0 Å². The summed E-state index contributed by atoms with van der Waals surface area (Å²) in [6.07, 6.45) is 0. The van der Waals surface area contributed by atoms with Gasteiger partial charge in [0, 0.05) is 16.3 Å². The summed E-state index contributed by atoms with van der Waals surface area (Å²) >= 11 is 1.44. The molecule has 2 aromatic heterocycles. The van der Waals surface area contributed by atoms with Gasteiger partial charge < -0.3 is 5.32 Å². The highest BCUT2D eigenvalue weighted by molar-refractivity contribution is 7.10. The largest absolute Gasteiger partial charge is 0.323 e. The van der Waals surface area contributed by atoms with Crippen molar-refractivity contribution in [2.75, 3.05) is 10.2 Å². The molecule has 0 aliphatic carbocycles. The van der Waals surface area contributed by atoms with Crippen molar-refractivity contribution in [2.45, 2.75) is 26.4 Å². The van der Waals surface area contributed by atoms with E-state index < -0.39 is 6.04 Å². The van der Waals surface area contributed by atoms with Crippen LogP contribution in [0.3, 0.4) is 0 Å². The molecular formula is C28H25N5O2S. The van der Waals surface area contributed by atoms with Gasteiger partial charge in [-0.2, -0.15) is 0 Å². The molecule has 1 unspecified atom stereocenters. The lowest BCUT2D eigenvalue weighted by molar-refractivity contribution is -0.124. The van der Waals surface area contributed by atoms with E-state index in [1.807, 2.05) is 104 Å². The number of fused-ring (bicyclic) bond motifs is 1. The van der Waals surface area contributed by atoms with Crippen LogP contribution in [0.2, 0.25) is 0 Å². The average Bonchev–Trinajstić information content (AvgIpc) is 3.56. The van der Waals surface area contributed by atoms with Crippen LogP contribution in [0.4, 0.5) is 11.4 Å². The van der Waals surface area contributed by atoms with Gasteiger partial charge in [-0.05, 0) is 60.7 Å². The number of carbonyl (C=O) groups excluding carboxylic acids is 2. The maximum absolute atomic E-state index is 13.9. The Morgan fingerprint density at radius 2 is 1.64 bits per heavy atom. The molecule has 5 aromatic rings. The quantitative estimate of drug-likeness (QED) is 0.322. The fourth-order valence-corrected chi connectivity index (χ4v) is 5.10. The van der Waals surface area contributed by atoms with Crippen LogP contribution in [-0.4, -0.2) is 26.8 Å². The van der Waals surface area contributed by atoms with Gasteiger partial charge in [-0.25, -0.2) is 4.68 Å². The molecule has 0 aliphatic rings. The van der Waals surface area contributed by atoms with Gasteiger partial charge in [-0.15, -0.1) is 16.4 Å². The number of rotatable bonds is 7. The van der Waals surface area contributed by atoms with Gasteiger partial charge in [0.15, 0.2) is 6.04 Å². The van der Waals surface area contributed by atoms with Crippen LogP contribution in [-0.2, 0) is 16.1 Å². The number of amides is 2. The molecule has 1 atom stereocenters. The van der Waals surface area contributed by atoms with E-state index in [-0.39, 0.29) is 18.4 Å². The smallest absolute Gasteiger partial charge is 0.253 e. The van der Waals surface area contributed by atoms with E-state index in [2.05, 4.69) is 15.6 Å². The summed E-state index contributed by atoms with van der Waals surface area (Å²) in [4.78, 5) is 30.2. The monoisotopic (exact) mass is 495 g/mol. The fourth-order valence-electron chi connectivity index (χ4n) is 4.29. The molecule has 0 saturated heterocycles. The summed E-state index contributed by atoms with van der Waals surface area (Å²) in [6, 6.07) is 25.5. The molecule has 36 heavy (non-hydrogen) atoms. The molecule has 1 N–H and O–H groups in total. The Morgan fingerprint density at radius 1 is 0.917 bits per heavy atom. The van der Waals surface area contributed by atoms with Gasteiger partial charge >= 0.3 is 0 Å². The lowest BCUT2D eigenvalue weighted by Gasteiger charge is -2.31. The van der Waals surface area contributed by atoms with Gasteiger partial charge in [-0.1, -0.05) is 59.8 Å². The molecule has 8 heteroatoms. The van der Waals surface area contributed by atoms with Gasteiger partial charge in [0.1, 0.15) is 12.1 Å². The van der Waals surface area contributed by atoms with Crippen LogP contribution in [0, 0.1) is 13.8 Å². The maximum Gasteiger partial charge on any atom is 0.253 e. The molecule has 0 radical (unpaired) electrons. The minimum Gasteiger partial charge on any atom is -0.323 e. The van der Waals surface area contributed by atoms with Crippen LogP contribution in [0.1, 0.15) is 22.0 Å². The highest BCUT2D eigenvalue weighted by atomic mass is 32.1. The van der Waals surface area contributed by atoms with Crippen molar-refractivity contribution < 1.29 is 9.59 Å². The van der Waals surface area contributed by atoms with E-state index in [0.717, 1.165) is 27.2 Å². The number of thiophene rings is 1. The summed E-state index contributed by atoms with van der Waals surface area (Å²) in [5, 5.41) is 13.4. The maximum atomic E-state index is 13.9. The number of nitrogens with one attached hydrogen (secondary N) is 1. The van der Waals surface area contributed by atoms with Crippen molar-refractivity contribution in [3.8, 4) is 0 Å². The Hall–Kier alpha value is -4.30. The Bertz CT molecular complexity index is 1490. The van der Waals surface area contributed by atoms with Crippen LogP contribution < -0.4 is 10.2 Å². The number of aromatic nitrogens is 3. The van der Waals surface area contributed by atoms with Gasteiger partial charge in [0.2, 0.25) is 5.91 Å². The zero-order valence-corrected chi connectivity index (χ0v) is 20.8. The van der Waals surface area contributed by atoms with E-state index in [9.17, 15) is 9.59 Å². The van der Waals surface area contributed by atoms with E-state index in [0.29, 0.717) is 11.2 Å². The van der Waals surface area contributed by atoms with Crippen molar-refractivity contribution in [3.05, 3.63) is 106 Å². The summed E-state index contributed by atoms with van der Waals surface area (Å²) < 4.78 is 1.57. The zero-order valence-electron chi connectivity index (χ0n) is 20.0. The predicted octanol–water partition coefficient (Wildman–Crippen LogP) is 5.52. The summed E-state index contributed by atoms with van der Waals surface area (Å²) in [5.74, 6) is -0.553. The number of benzene rings is 3. The lowest BCUT2D eigenvalue weighted by atomic mass is 10.1. The number of carbonyl (C=O) groups is 2. The number of nitrogens with zero attached hydrogens (tertiary/aromatic N) is 4. The Morgan fingerprint density at radius 3 is 2.36 bits per heavy atom.